The molecule has 1 aromatic carbocycles. The molecule has 1 aliphatic rings. The van der Waals surface area contributed by atoms with Gasteiger partial charge in [0.15, 0.2) is 0 Å². The van der Waals surface area contributed by atoms with Crippen LogP contribution in [0.4, 0.5) is 0 Å². The lowest BCUT2D eigenvalue weighted by Gasteiger charge is -2.13. The van der Waals surface area contributed by atoms with Gasteiger partial charge in [-0.1, -0.05) is 23.7 Å². The van der Waals surface area contributed by atoms with Gasteiger partial charge >= 0.3 is 0 Å². The van der Waals surface area contributed by atoms with Crippen LogP contribution in [0.15, 0.2) is 42.6 Å². The topological polar surface area (TPSA) is 50.3 Å². The molecule has 0 fully saturated rings. The van der Waals surface area contributed by atoms with Gasteiger partial charge in [0.1, 0.15) is 0 Å². The van der Waals surface area contributed by atoms with E-state index in [1.165, 1.54) is 4.90 Å². The van der Waals surface area contributed by atoms with Crippen LogP contribution in [0.25, 0.3) is 0 Å². The molecule has 19 heavy (non-hydrogen) atoms. The smallest absolute Gasteiger partial charge is 0.261 e. The average molecular weight is 273 g/mol. The second kappa shape index (κ2) is 4.48. The molecule has 0 atom stereocenters. The van der Waals surface area contributed by atoms with Gasteiger partial charge < -0.3 is 0 Å². The van der Waals surface area contributed by atoms with E-state index in [4.69, 9.17) is 11.6 Å². The fraction of sp³-hybridized carbons (Fsp3) is 0.0714. The van der Waals surface area contributed by atoms with Crippen LogP contribution in [-0.2, 0) is 6.54 Å². The lowest BCUT2D eigenvalue weighted by atomic mass is 10.1. The molecule has 5 heteroatoms. The number of benzene rings is 1. The highest BCUT2D eigenvalue weighted by molar-refractivity contribution is 6.30. The summed E-state index contributed by atoms with van der Waals surface area (Å²) in [5, 5.41) is 0.529. The van der Waals surface area contributed by atoms with E-state index in [2.05, 4.69) is 4.98 Å². The molecule has 0 unspecified atom stereocenters. The number of fused-ring (bicyclic) bond motifs is 1. The summed E-state index contributed by atoms with van der Waals surface area (Å²) >= 11 is 5.86. The molecule has 0 saturated carbocycles. The Morgan fingerprint density at radius 3 is 2.26 bits per heavy atom. The molecule has 0 N–H and O–H groups in total. The third-order valence-electron chi connectivity index (χ3n) is 2.98. The van der Waals surface area contributed by atoms with E-state index in [1.54, 1.807) is 42.6 Å². The first-order valence-electron chi connectivity index (χ1n) is 5.72. The van der Waals surface area contributed by atoms with Crippen molar-refractivity contribution in [1.82, 2.24) is 9.88 Å². The molecule has 0 saturated heterocycles. The molecule has 2 aromatic rings. The molecular formula is C14H9ClN2O2. The summed E-state index contributed by atoms with van der Waals surface area (Å²) in [7, 11) is 0. The minimum absolute atomic E-state index is 0.132. The van der Waals surface area contributed by atoms with Crippen molar-refractivity contribution >= 4 is 23.4 Å². The van der Waals surface area contributed by atoms with Crippen LogP contribution in [0, 0.1) is 0 Å². The van der Waals surface area contributed by atoms with Crippen LogP contribution < -0.4 is 0 Å². The predicted molar refractivity (Wildman–Crippen MR) is 69.9 cm³/mol. The lowest BCUT2D eigenvalue weighted by Crippen LogP contribution is -2.29. The van der Waals surface area contributed by atoms with Crippen molar-refractivity contribution in [1.29, 1.82) is 0 Å². The quantitative estimate of drug-likeness (QED) is 0.790. The second-order valence-corrected chi connectivity index (χ2v) is 4.64. The van der Waals surface area contributed by atoms with Crippen LogP contribution in [0.2, 0.25) is 5.02 Å². The van der Waals surface area contributed by atoms with E-state index in [0.717, 1.165) is 0 Å². The van der Waals surface area contributed by atoms with Crippen LogP contribution in [0.1, 0.15) is 26.4 Å². The standard InChI is InChI=1S/C14H9ClN2O2/c15-9-5-6-16-10(7-9)8-17-13(18)11-3-1-2-4-12(11)14(17)19/h1-7H,8H2. The van der Waals surface area contributed by atoms with Crippen molar-refractivity contribution in [3.8, 4) is 0 Å². The van der Waals surface area contributed by atoms with E-state index in [1.807, 2.05) is 0 Å². The molecule has 0 bridgehead atoms. The first-order chi connectivity index (χ1) is 9.16. The maximum Gasteiger partial charge on any atom is 0.261 e. The molecular weight excluding hydrogens is 264 g/mol. The van der Waals surface area contributed by atoms with Gasteiger partial charge in [0, 0.05) is 11.2 Å². The first kappa shape index (κ1) is 11.9. The highest BCUT2D eigenvalue weighted by Crippen LogP contribution is 2.24. The predicted octanol–water partition coefficient (Wildman–Crippen LogP) is 2.53. The van der Waals surface area contributed by atoms with Gasteiger partial charge in [-0.05, 0) is 24.3 Å². The fourth-order valence-corrected chi connectivity index (χ4v) is 2.26. The third kappa shape index (κ3) is 2.00. The molecule has 1 aromatic heterocycles. The van der Waals surface area contributed by atoms with Crippen LogP contribution in [0.3, 0.4) is 0 Å². The van der Waals surface area contributed by atoms with Gasteiger partial charge in [0.05, 0.1) is 23.4 Å². The maximum atomic E-state index is 12.1. The third-order valence-corrected chi connectivity index (χ3v) is 3.21. The van der Waals surface area contributed by atoms with Gasteiger partial charge in [-0.25, -0.2) is 0 Å². The fourth-order valence-electron chi connectivity index (χ4n) is 2.08. The number of rotatable bonds is 2. The number of amides is 2. The maximum absolute atomic E-state index is 12.1. The Hall–Kier alpha value is -2.20. The molecule has 2 heterocycles. The molecule has 0 radical (unpaired) electrons. The van der Waals surface area contributed by atoms with Gasteiger partial charge in [-0.3, -0.25) is 19.5 Å². The summed E-state index contributed by atoms with van der Waals surface area (Å²) in [6, 6.07) is 10.1. The van der Waals surface area contributed by atoms with E-state index in [9.17, 15) is 9.59 Å². The van der Waals surface area contributed by atoms with Crippen LogP contribution in [-0.4, -0.2) is 21.7 Å². The second-order valence-electron chi connectivity index (χ2n) is 4.21. The molecule has 0 spiro atoms. The van der Waals surface area contributed by atoms with E-state index in [-0.39, 0.29) is 18.4 Å². The van der Waals surface area contributed by atoms with Gasteiger partial charge in [0.2, 0.25) is 0 Å². The van der Waals surface area contributed by atoms with Crippen molar-refractivity contribution in [2.24, 2.45) is 0 Å². The number of hydrogen-bond donors (Lipinski definition) is 0. The number of halogens is 1. The summed E-state index contributed by atoms with van der Waals surface area (Å²) in [5.74, 6) is -0.579. The van der Waals surface area contributed by atoms with Crippen LogP contribution >= 0.6 is 11.6 Å². The van der Waals surface area contributed by atoms with Crippen molar-refractivity contribution in [2.45, 2.75) is 6.54 Å². The minimum atomic E-state index is -0.289. The molecule has 1 aliphatic heterocycles. The van der Waals surface area contributed by atoms with Gasteiger partial charge in [-0.2, -0.15) is 0 Å². The minimum Gasteiger partial charge on any atom is -0.269 e. The van der Waals surface area contributed by atoms with E-state index in [0.29, 0.717) is 21.8 Å². The zero-order chi connectivity index (χ0) is 13.4. The zero-order valence-corrected chi connectivity index (χ0v) is 10.6. The van der Waals surface area contributed by atoms with Crippen molar-refractivity contribution < 1.29 is 9.59 Å². The molecule has 3 rings (SSSR count). The Kier molecular flexibility index (Phi) is 2.80. The zero-order valence-electron chi connectivity index (χ0n) is 9.84. The Labute approximate surface area is 114 Å². The largest absolute Gasteiger partial charge is 0.269 e. The van der Waals surface area contributed by atoms with Crippen molar-refractivity contribution in [3.63, 3.8) is 0 Å². The van der Waals surface area contributed by atoms with E-state index < -0.39 is 0 Å². The number of pyridine rings is 1. The number of carbonyl (C=O) groups is 2. The summed E-state index contributed by atoms with van der Waals surface area (Å²) in [5.41, 5.74) is 1.46. The Bertz CT molecular complexity index is 650. The molecule has 2 amide bonds. The first-order valence-corrected chi connectivity index (χ1v) is 6.10. The van der Waals surface area contributed by atoms with Gasteiger partial charge in [-0.15, -0.1) is 0 Å². The normalized spacial score (nSPS) is 13.8. The van der Waals surface area contributed by atoms with Gasteiger partial charge in [0.25, 0.3) is 11.8 Å². The lowest BCUT2D eigenvalue weighted by molar-refractivity contribution is 0.0640. The number of imide groups is 1. The Balaban J connectivity index is 1.92. The molecule has 0 aliphatic carbocycles. The summed E-state index contributed by atoms with van der Waals surface area (Å²) < 4.78 is 0. The van der Waals surface area contributed by atoms with Crippen LogP contribution in [0.5, 0.6) is 0 Å². The average Bonchev–Trinajstić information content (AvgIpc) is 2.65. The highest BCUT2D eigenvalue weighted by Gasteiger charge is 2.35. The Morgan fingerprint density at radius 1 is 1.05 bits per heavy atom. The number of carbonyl (C=O) groups excluding carboxylic acids is 2. The monoisotopic (exact) mass is 272 g/mol. The Morgan fingerprint density at radius 2 is 1.68 bits per heavy atom. The van der Waals surface area contributed by atoms with Crippen molar-refractivity contribution in [3.05, 3.63) is 64.4 Å². The number of hydrogen-bond acceptors (Lipinski definition) is 3. The van der Waals surface area contributed by atoms with Crippen molar-refractivity contribution in [2.75, 3.05) is 0 Å². The molecule has 94 valence electrons. The SMILES string of the molecule is O=C1c2ccccc2C(=O)N1Cc1cc(Cl)ccn1. The summed E-state index contributed by atoms with van der Waals surface area (Å²) in [6.45, 7) is 0.132. The molecule has 4 nitrogen and oxygen atoms in total. The van der Waals surface area contributed by atoms with E-state index >= 15 is 0 Å². The number of nitrogens with zero attached hydrogens (tertiary/aromatic N) is 2. The summed E-state index contributed by atoms with van der Waals surface area (Å²) in [6.07, 6.45) is 1.55. The highest BCUT2D eigenvalue weighted by atomic mass is 35.5. The summed E-state index contributed by atoms with van der Waals surface area (Å²) in [4.78, 5) is 29.6. The number of aromatic nitrogens is 1.